The average Bonchev–Trinajstić information content (AvgIpc) is 2.96. The molecule has 0 saturated heterocycles. The van der Waals surface area contributed by atoms with Crippen LogP contribution in [0.2, 0.25) is 0 Å². The van der Waals surface area contributed by atoms with Gasteiger partial charge >= 0.3 is 5.88 Å². The van der Waals surface area contributed by atoms with Crippen molar-refractivity contribution in [3.63, 3.8) is 0 Å². The summed E-state index contributed by atoms with van der Waals surface area (Å²) in [6, 6.07) is 7.79. The molecule has 0 saturated carbocycles. The summed E-state index contributed by atoms with van der Waals surface area (Å²) in [6.45, 7) is 0. The minimum absolute atomic E-state index is 0.0505. The quantitative estimate of drug-likeness (QED) is 0.507. The molecule has 2 aromatic rings. The maximum Gasteiger partial charge on any atom is 0.433 e. The van der Waals surface area contributed by atoms with Gasteiger partial charge in [0.05, 0.1) is 17.2 Å². The number of carbonyl (C=O) groups excluding carboxylic acids is 1. The molecule has 2 rings (SSSR count). The van der Waals surface area contributed by atoms with Crippen molar-refractivity contribution < 1.29 is 19.1 Å². The van der Waals surface area contributed by atoms with E-state index < -0.39 is 21.6 Å². The molecule has 1 heterocycles. The summed E-state index contributed by atoms with van der Waals surface area (Å²) in [6.07, 6.45) is 1.04. The molecule has 10 heteroatoms. The molecule has 1 aromatic carbocycles. The highest BCUT2D eigenvalue weighted by molar-refractivity contribution is 5.98. The molecule has 1 amide bonds. The number of hydrogen-bond donors (Lipinski definition) is 1. The number of furan rings is 1. The van der Waals surface area contributed by atoms with Crippen LogP contribution >= 0.6 is 0 Å². The summed E-state index contributed by atoms with van der Waals surface area (Å²) in [7, 11) is 0. The van der Waals surface area contributed by atoms with Crippen molar-refractivity contribution in [1.29, 1.82) is 0 Å². The maximum atomic E-state index is 11.8. The van der Waals surface area contributed by atoms with Gasteiger partial charge in [-0.25, -0.2) is 5.43 Å². The first-order valence-electron chi connectivity index (χ1n) is 5.80. The zero-order chi connectivity index (χ0) is 16.1. The SMILES string of the molecule is O=C(N/N=C\c1ccc([N+](=O)[O-])o1)c1ccccc1[N+](=O)[O-]. The fraction of sp³-hybridized carbons (Fsp3) is 0. The van der Waals surface area contributed by atoms with E-state index in [-0.39, 0.29) is 17.0 Å². The molecule has 112 valence electrons. The van der Waals surface area contributed by atoms with Gasteiger partial charge in [-0.1, -0.05) is 12.1 Å². The summed E-state index contributed by atoms with van der Waals surface area (Å²) in [5.74, 6) is -1.20. The van der Waals surface area contributed by atoms with Crippen molar-refractivity contribution in [3.8, 4) is 0 Å². The molecule has 0 aliphatic heterocycles. The van der Waals surface area contributed by atoms with Gasteiger partial charge in [0.15, 0.2) is 5.76 Å². The van der Waals surface area contributed by atoms with Gasteiger partial charge in [0.2, 0.25) is 0 Å². The predicted molar refractivity (Wildman–Crippen MR) is 73.5 cm³/mol. The van der Waals surface area contributed by atoms with E-state index in [0.717, 1.165) is 12.3 Å². The Morgan fingerprint density at radius 1 is 1.14 bits per heavy atom. The molecule has 0 bridgehead atoms. The van der Waals surface area contributed by atoms with E-state index in [2.05, 4.69) is 10.5 Å². The molecular formula is C12H8N4O6. The smallest absolute Gasteiger partial charge is 0.400 e. The largest absolute Gasteiger partial charge is 0.433 e. The van der Waals surface area contributed by atoms with E-state index >= 15 is 0 Å². The van der Waals surface area contributed by atoms with Crippen molar-refractivity contribution in [2.45, 2.75) is 0 Å². The first kappa shape index (κ1) is 14.8. The second-order valence-corrected chi connectivity index (χ2v) is 3.91. The van der Waals surface area contributed by atoms with Gasteiger partial charge in [-0.05, 0) is 12.1 Å². The number of benzene rings is 1. The van der Waals surface area contributed by atoms with Crippen LogP contribution in [0.4, 0.5) is 11.6 Å². The van der Waals surface area contributed by atoms with Crippen molar-refractivity contribution in [2.24, 2.45) is 5.10 Å². The van der Waals surface area contributed by atoms with E-state index in [1.165, 1.54) is 30.3 Å². The highest BCUT2D eigenvalue weighted by Crippen LogP contribution is 2.17. The van der Waals surface area contributed by atoms with Crippen LogP contribution in [0.5, 0.6) is 0 Å². The number of rotatable bonds is 5. The molecular weight excluding hydrogens is 296 g/mol. The molecule has 10 nitrogen and oxygen atoms in total. The highest BCUT2D eigenvalue weighted by Gasteiger charge is 2.18. The average molecular weight is 304 g/mol. The molecule has 1 N–H and O–H groups in total. The Morgan fingerprint density at radius 3 is 2.50 bits per heavy atom. The summed E-state index contributed by atoms with van der Waals surface area (Å²) in [5.41, 5.74) is 1.56. The van der Waals surface area contributed by atoms with E-state index in [9.17, 15) is 25.0 Å². The Bertz CT molecular complexity index is 766. The summed E-state index contributed by atoms with van der Waals surface area (Å²) in [4.78, 5) is 31.6. The minimum atomic E-state index is -0.787. The topological polar surface area (TPSA) is 141 Å². The molecule has 0 radical (unpaired) electrons. The number of nitrogens with zero attached hydrogens (tertiary/aromatic N) is 3. The molecule has 0 unspecified atom stereocenters. The van der Waals surface area contributed by atoms with Crippen molar-refractivity contribution in [1.82, 2.24) is 5.43 Å². The number of nitro benzene ring substituents is 1. The maximum absolute atomic E-state index is 11.8. The van der Waals surface area contributed by atoms with Crippen molar-refractivity contribution >= 4 is 23.7 Å². The van der Waals surface area contributed by atoms with Gasteiger partial charge in [0.1, 0.15) is 10.5 Å². The molecule has 0 atom stereocenters. The van der Waals surface area contributed by atoms with Crippen LogP contribution in [-0.4, -0.2) is 22.0 Å². The van der Waals surface area contributed by atoms with Crippen molar-refractivity contribution in [2.75, 3.05) is 0 Å². The van der Waals surface area contributed by atoms with Crippen LogP contribution in [0.15, 0.2) is 45.9 Å². The fourth-order valence-electron chi connectivity index (χ4n) is 1.55. The fourth-order valence-corrected chi connectivity index (χ4v) is 1.55. The lowest BCUT2D eigenvalue weighted by atomic mass is 10.2. The number of amides is 1. The monoisotopic (exact) mass is 304 g/mol. The third-order valence-corrected chi connectivity index (χ3v) is 2.50. The van der Waals surface area contributed by atoms with Crippen LogP contribution in [0.3, 0.4) is 0 Å². The minimum Gasteiger partial charge on any atom is -0.400 e. The summed E-state index contributed by atoms with van der Waals surface area (Å²) in [5, 5.41) is 24.7. The Morgan fingerprint density at radius 2 is 1.86 bits per heavy atom. The second kappa shape index (κ2) is 6.26. The molecule has 0 spiro atoms. The van der Waals surface area contributed by atoms with E-state index in [1.54, 1.807) is 0 Å². The highest BCUT2D eigenvalue weighted by atomic mass is 16.6. The standard InChI is InChI=1S/C12H8N4O6/c17-12(9-3-1-2-4-10(9)15(18)19)14-13-7-8-5-6-11(22-8)16(20)21/h1-7H,(H,14,17)/b13-7-. The van der Waals surface area contributed by atoms with Gasteiger partial charge in [-0.2, -0.15) is 5.10 Å². The van der Waals surface area contributed by atoms with Crippen LogP contribution in [0, 0.1) is 20.2 Å². The third kappa shape index (κ3) is 3.30. The molecule has 22 heavy (non-hydrogen) atoms. The molecule has 0 aliphatic rings. The Hall–Kier alpha value is -3.56. The zero-order valence-corrected chi connectivity index (χ0v) is 10.8. The number of hydrogen-bond acceptors (Lipinski definition) is 7. The van der Waals surface area contributed by atoms with Crippen LogP contribution in [-0.2, 0) is 0 Å². The van der Waals surface area contributed by atoms with Gasteiger partial charge < -0.3 is 4.42 Å². The van der Waals surface area contributed by atoms with Crippen molar-refractivity contribution in [3.05, 3.63) is 68.0 Å². The van der Waals surface area contributed by atoms with E-state index in [4.69, 9.17) is 4.42 Å². The van der Waals surface area contributed by atoms with Gasteiger partial charge in [0, 0.05) is 6.07 Å². The van der Waals surface area contributed by atoms with Gasteiger partial charge in [-0.15, -0.1) is 0 Å². The Labute approximate surface area is 122 Å². The summed E-state index contributed by atoms with van der Waals surface area (Å²) >= 11 is 0. The molecule has 0 aliphatic carbocycles. The predicted octanol–water partition coefficient (Wildman–Crippen LogP) is 1.86. The summed E-state index contributed by atoms with van der Waals surface area (Å²) < 4.78 is 4.79. The Kier molecular flexibility index (Phi) is 4.22. The number of carbonyl (C=O) groups is 1. The molecule has 0 fully saturated rings. The number of para-hydroxylation sites is 1. The van der Waals surface area contributed by atoms with Crippen LogP contribution in [0.25, 0.3) is 0 Å². The lowest BCUT2D eigenvalue weighted by molar-refractivity contribution is -0.402. The first-order valence-corrected chi connectivity index (χ1v) is 5.80. The van der Waals surface area contributed by atoms with Crippen LogP contribution in [0.1, 0.15) is 16.1 Å². The van der Waals surface area contributed by atoms with Crippen LogP contribution < -0.4 is 5.43 Å². The second-order valence-electron chi connectivity index (χ2n) is 3.91. The first-order chi connectivity index (χ1) is 10.5. The van der Waals surface area contributed by atoms with E-state index in [1.807, 2.05) is 0 Å². The normalized spacial score (nSPS) is 10.5. The number of hydrazone groups is 1. The Balaban J connectivity index is 2.08. The van der Waals surface area contributed by atoms with Gasteiger partial charge in [-0.3, -0.25) is 25.0 Å². The molecule has 1 aromatic heterocycles. The number of nitro groups is 2. The lowest BCUT2D eigenvalue weighted by Crippen LogP contribution is -2.18. The number of nitrogens with one attached hydrogen (secondary N) is 1. The van der Waals surface area contributed by atoms with E-state index in [0.29, 0.717) is 0 Å². The van der Waals surface area contributed by atoms with Gasteiger partial charge in [0.25, 0.3) is 11.6 Å². The zero-order valence-electron chi connectivity index (χ0n) is 10.8. The third-order valence-electron chi connectivity index (χ3n) is 2.50. The lowest BCUT2D eigenvalue weighted by Gasteiger charge is -2.00.